The second-order valence-electron chi connectivity index (χ2n) is 10.7. The van der Waals surface area contributed by atoms with Crippen molar-refractivity contribution < 1.29 is 14.1 Å². The van der Waals surface area contributed by atoms with Crippen LogP contribution in [0, 0.1) is 23.1 Å². The van der Waals surface area contributed by atoms with Crippen LogP contribution in [0.25, 0.3) is 11.8 Å². The summed E-state index contributed by atoms with van der Waals surface area (Å²) in [5, 5.41) is 10.9. The lowest BCUT2D eigenvalue weighted by Crippen LogP contribution is -2.38. The van der Waals surface area contributed by atoms with Crippen LogP contribution in [0.2, 0.25) is 0 Å². The zero-order valence-corrected chi connectivity index (χ0v) is 28.5. The minimum Gasteiger partial charge on any atom is -0.487 e. The number of rotatable bonds is 6. The summed E-state index contributed by atoms with van der Waals surface area (Å²) in [5.74, 6) is 0.384. The van der Waals surface area contributed by atoms with E-state index in [1.807, 2.05) is 30.3 Å². The lowest BCUT2D eigenvalue weighted by atomic mass is 9.83. The molecule has 0 unspecified atom stereocenters. The molecule has 0 saturated heterocycles. The molecule has 2 aliphatic rings. The molecule has 2 heterocycles. The molecular weight excluding hydrogens is 819 g/mol. The van der Waals surface area contributed by atoms with Gasteiger partial charge in [0.25, 0.3) is 11.2 Å². The SMILES string of the molecule is O=c1/c(=C/c2cc(I)c(OCc3ccc([N+](=O)[O-])cc3)c(I)c2)sc2n1[C@H](c1ccc(F)cc1)C1=C(N=2)c2ccccc2CC1. The largest absolute Gasteiger partial charge is 0.487 e. The smallest absolute Gasteiger partial charge is 0.271 e. The van der Waals surface area contributed by atoms with Crippen molar-refractivity contribution in [2.75, 3.05) is 0 Å². The quantitative estimate of drug-likeness (QED) is 0.103. The number of nitrogens with zero attached hydrogens (tertiary/aromatic N) is 3. The molecule has 1 aliphatic carbocycles. The van der Waals surface area contributed by atoms with Crippen LogP contribution in [-0.4, -0.2) is 9.49 Å². The fourth-order valence-corrected chi connectivity index (χ4v) is 8.92. The van der Waals surface area contributed by atoms with Crippen LogP contribution in [-0.2, 0) is 13.0 Å². The van der Waals surface area contributed by atoms with Gasteiger partial charge in [0.05, 0.1) is 28.3 Å². The van der Waals surface area contributed by atoms with Crippen LogP contribution in [0.3, 0.4) is 0 Å². The average molecular weight is 841 g/mol. The van der Waals surface area contributed by atoms with Crippen molar-refractivity contribution in [2.24, 2.45) is 4.99 Å². The molecule has 1 atom stereocenters. The lowest BCUT2D eigenvalue weighted by molar-refractivity contribution is -0.384. The maximum atomic E-state index is 14.1. The molecule has 0 fully saturated rings. The minimum absolute atomic E-state index is 0.0338. The first-order chi connectivity index (χ1) is 21.8. The summed E-state index contributed by atoms with van der Waals surface area (Å²) in [7, 11) is 0. The third-order valence-corrected chi connectivity index (χ3v) is 10.5. The van der Waals surface area contributed by atoms with E-state index < -0.39 is 4.92 Å². The van der Waals surface area contributed by atoms with Crippen molar-refractivity contribution in [3.05, 3.63) is 161 Å². The standard InChI is InChI=1S/C34H22FI2N3O4S/c35-23-10-7-22(8-11-23)31-26-14-9-21-3-1-2-4-25(21)30(26)38-34-39(31)33(41)29(45-34)17-20-15-27(36)32(28(37)16-20)44-18-19-5-12-24(13-6-19)40(42)43/h1-8,10-13,15-17,31H,9,14,18H2/b29-17-/t31-/m1/s1. The van der Waals surface area contributed by atoms with Crippen LogP contribution in [0.5, 0.6) is 5.75 Å². The summed E-state index contributed by atoms with van der Waals surface area (Å²) in [6, 6.07) is 24.5. The molecular formula is C34H22FI2N3O4S. The van der Waals surface area contributed by atoms with Gasteiger partial charge in [-0.25, -0.2) is 9.38 Å². The van der Waals surface area contributed by atoms with Crippen LogP contribution < -0.4 is 19.6 Å². The molecule has 0 bridgehead atoms. The Morgan fingerprint density at radius 1 is 1.02 bits per heavy atom. The average Bonchev–Trinajstić information content (AvgIpc) is 3.34. The number of fused-ring (bicyclic) bond motifs is 3. The molecule has 0 N–H and O–H groups in total. The first-order valence-electron chi connectivity index (χ1n) is 14.0. The summed E-state index contributed by atoms with van der Waals surface area (Å²) >= 11 is 5.79. The zero-order chi connectivity index (χ0) is 31.2. The van der Waals surface area contributed by atoms with Crippen molar-refractivity contribution in [2.45, 2.75) is 25.5 Å². The van der Waals surface area contributed by atoms with Gasteiger partial charge in [-0.15, -0.1) is 0 Å². The van der Waals surface area contributed by atoms with Gasteiger partial charge < -0.3 is 4.74 Å². The van der Waals surface area contributed by atoms with Gasteiger partial charge in [-0.05, 0) is 128 Å². The predicted octanol–water partition coefficient (Wildman–Crippen LogP) is 7.15. The third kappa shape index (κ3) is 5.76. The summed E-state index contributed by atoms with van der Waals surface area (Å²) in [5.41, 5.74) is 6.70. The molecule has 7 rings (SSSR count). The molecule has 11 heteroatoms. The van der Waals surface area contributed by atoms with Gasteiger partial charge in [0.2, 0.25) is 0 Å². The number of nitro groups is 1. The molecule has 0 radical (unpaired) electrons. The fourth-order valence-electron chi connectivity index (χ4n) is 5.79. The van der Waals surface area contributed by atoms with Crippen molar-refractivity contribution >= 4 is 74.0 Å². The van der Waals surface area contributed by atoms with Crippen molar-refractivity contribution in [3.8, 4) is 5.75 Å². The number of aromatic nitrogens is 1. The van der Waals surface area contributed by atoms with E-state index in [2.05, 4.69) is 57.3 Å². The summed E-state index contributed by atoms with van der Waals surface area (Å²) in [4.78, 5) is 30.2. The second-order valence-corrected chi connectivity index (χ2v) is 14.0. The first kappa shape index (κ1) is 30.0. The molecule has 224 valence electrons. The maximum absolute atomic E-state index is 14.1. The number of allylic oxidation sites excluding steroid dienone is 1. The lowest BCUT2D eigenvalue weighted by Gasteiger charge is -2.30. The second kappa shape index (κ2) is 12.2. The first-order valence-corrected chi connectivity index (χ1v) is 17.0. The Labute approximate surface area is 287 Å². The van der Waals surface area contributed by atoms with Crippen LogP contribution in [0.1, 0.15) is 40.3 Å². The Morgan fingerprint density at radius 3 is 2.44 bits per heavy atom. The monoisotopic (exact) mass is 841 g/mol. The van der Waals surface area contributed by atoms with Crippen LogP contribution in [0.15, 0.2) is 100 Å². The number of thiazole rings is 1. The van der Waals surface area contributed by atoms with Crippen LogP contribution >= 0.6 is 56.5 Å². The fraction of sp³-hybridized carbons (Fsp3) is 0.118. The van der Waals surface area contributed by atoms with E-state index in [4.69, 9.17) is 9.73 Å². The minimum atomic E-state index is -0.428. The molecule has 0 saturated carbocycles. The highest BCUT2D eigenvalue weighted by atomic mass is 127. The highest BCUT2D eigenvalue weighted by Gasteiger charge is 2.32. The van der Waals surface area contributed by atoms with E-state index in [1.54, 1.807) is 28.8 Å². The summed E-state index contributed by atoms with van der Waals surface area (Å²) in [6.45, 7) is 0.263. The number of nitro benzene ring substituents is 1. The number of ether oxygens (including phenoxy) is 1. The van der Waals surface area contributed by atoms with Crippen molar-refractivity contribution in [1.82, 2.24) is 4.57 Å². The van der Waals surface area contributed by atoms with E-state index in [0.717, 1.165) is 53.5 Å². The highest BCUT2D eigenvalue weighted by Crippen LogP contribution is 2.41. The molecule has 0 spiro atoms. The molecule has 1 aromatic heterocycles. The summed E-state index contributed by atoms with van der Waals surface area (Å²) < 4.78 is 24.1. The van der Waals surface area contributed by atoms with Gasteiger partial charge in [-0.2, -0.15) is 0 Å². The van der Waals surface area contributed by atoms with Crippen molar-refractivity contribution in [1.29, 1.82) is 0 Å². The number of halogens is 3. The molecule has 4 aromatic carbocycles. The normalized spacial score (nSPS) is 15.6. The van der Waals surface area contributed by atoms with Gasteiger partial charge in [0.1, 0.15) is 18.2 Å². The molecule has 7 nitrogen and oxygen atoms in total. The van der Waals surface area contributed by atoms with E-state index in [0.29, 0.717) is 15.1 Å². The topological polar surface area (TPSA) is 86.7 Å². The summed E-state index contributed by atoms with van der Waals surface area (Å²) in [6.07, 6.45) is 3.49. The van der Waals surface area contributed by atoms with Crippen LogP contribution in [0.4, 0.5) is 10.1 Å². The van der Waals surface area contributed by atoms with Gasteiger partial charge >= 0.3 is 0 Å². The Hall–Kier alpha value is -3.69. The molecule has 5 aromatic rings. The number of hydrogen-bond acceptors (Lipinski definition) is 6. The molecule has 0 amide bonds. The van der Waals surface area contributed by atoms with E-state index in [9.17, 15) is 19.3 Å². The Kier molecular flexibility index (Phi) is 8.16. The van der Waals surface area contributed by atoms with E-state index >= 15 is 0 Å². The van der Waals surface area contributed by atoms with Gasteiger partial charge in [-0.1, -0.05) is 47.7 Å². The predicted molar refractivity (Wildman–Crippen MR) is 188 cm³/mol. The highest BCUT2D eigenvalue weighted by molar-refractivity contribution is 14.1. The van der Waals surface area contributed by atoms with E-state index in [1.165, 1.54) is 41.2 Å². The van der Waals surface area contributed by atoms with Crippen molar-refractivity contribution in [3.63, 3.8) is 0 Å². The third-order valence-electron chi connectivity index (χ3n) is 7.91. The number of non-ortho nitro benzene ring substituents is 1. The zero-order valence-electron chi connectivity index (χ0n) is 23.4. The molecule has 1 aliphatic heterocycles. The number of aryl methyl sites for hydroxylation is 1. The van der Waals surface area contributed by atoms with Gasteiger partial charge in [-0.3, -0.25) is 19.5 Å². The number of benzene rings is 4. The van der Waals surface area contributed by atoms with Gasteiger partial charge in [0.15, 0.2) is 4.80 Å². The molecule has 45 heavy (non-hydrogen) atoms. The Morgan fingerprint density at radius 2 is 1.73 bits per heavy atom. The Balaban J connectivity index is 1.27. The van der Waals surface area contributed by atoms with Gasteiger partial charge in [0, 0.05) is 17.7 Å². The number of hydrogen-bond donors (Lipinski definition) is 0. The Bertz CT molecular complexity index is 2190. The maximum Gasteiger partial charge on any atom is 0.271 e. The van der Waals surface area contributed by atoms with E-state index in [-0.39, 0.29) is 29.7 Å².